The smallest absolute Gasteiger partial charge is 0.266 e. The van der Waals surface area contributed by atoms with Crippen molar-refractivity contribution < 1.29 is 13.4 Å². The number of pyridine rings is 1. The van der Waals surface area contributed by atoms with E-state index in [0.717, 1.165) is 33.6 Å². The van der Waals surface area contributed by atoms with Gasteiger partial charge in [-0.2, -0.15) is 10.2 Å². The number of aromatic nitrogens is 4. The number of nitrogens with one attached hydrogen (secondary N) is 1. The number of hydrogen-bond acceptors (Lipinski definition) is 5. The molecule has 0 bridgehead atoms. The van der Waals surface area contributed by atoms with E-state index in [0.29, 0.717) is 11.3 Å². The second kappa shape index (κ2) is 6.75. The van der Waals surface area contributed by atoms with Crippen molar-refractivity contribution in [1.82, 2.24) is 24.1 Å². The second-order valence-electron chi connectivity index (χ2n) is 6.56. The molecule has 0 saturated heterocycles. The summed E-state index contributed by atoms with van der Waals surface area (Å²) in [6, 6.07) is 5.46. The highest BCUT2D eigenvalue weighted by molar-refractivity contribution is 7.82. The average molecular weight is 397 g/mol. The van der Waals surface area contributed by atoms with Crippen LogP contribution in [-0.2, 0) is 18.0 Å². The van der Waals surface area contributed by atoms with Gasteiger partial charge in [-0.05, 0) is 32.0 Å². The normalized spacial score (nSPS) is 12.4. The Morgan fingerprint density at radius 3 is 2.75 bits per heavy atom. The third kappa shape index (κ3) is 3.03. The van der Waals surface area contributed by atoms with Crippen molar-refractivity contribution in [1.29, 1.82) is 0 Å². The Balaban J connectivity index is 1.78. The zero-order valence-corrected chi connectivity index (χ0v) is 16.7. The van der Waals surface area contributed by atoms with Gasteiger partial charge in [0.1, 0.15) is 23.0 Å². The molecule has 0 aliphatic carbocycles. The van der Waals surface area contributed by atoms with Gasteiger partial charge in [0.2, 0.25) is 0 Å². The molecule has 4 aromatic rings. The summed E-state index contributed by atoms with van der Waals surface area (Å²) < 4.78 is 22.7. The van der Waals surface area contributed by atoms with Crippen LogP contribution < -0.4 is 4.72 Å². The molecular formula is C19H19N5O3S. The maximum absolute atomic E-state index is 12.0. The highest BCUT2D eigenvalue weighted by Gasteiger charge is 2.18. The number of hydrogen-bond donors (Lipinski definition) is 1. The zero-order valence-electron chi connectivity index (χ0n) is 15.9. The lowest BCUT2D eigenvalue weighted by atomic mass is 10.0. The maximum atomic E-state index is 12.0. The number of rotatable bonds is 4. The molecular weight excluding hydrogens is 378 g/mol. The van der Waals surface area contributed by atoms with Crippen LogP contribution in [0.5, 0.6) is 0 Å². The van der Waals surface area contributed by atoms with E-state index < -0.39 is 16.9 Å². The third-order valence-electron chi connectivity index (χ3n) is 4.68. The molecule has 8 nitrogen and oxygen atoms in total. The van der Waals surface area contributed by atoms with E-state index in [9.17, 15) is 9.00 Å². The Kier molecular flexibility index (Phi) is 4.38. The predicted molar refractivity (Wildman–Crippen MR) is 106 cm³/mol. The molecule has 28 heavy (non-hydrogen) atoms. The van der Waals surface area contributed by atoms with Crippen LogP contribution in [0.4, 0.5) is 0 Å². The topological polar surface area (TPSA) is 94.4 Å². The van der Waals surface area contributed by atoms with Gasteiger partial charge < -0.3 is 4.42 Å². The molecule has 4 rings (SSSR count). The lowest BCUT2D eigenvalue weighted by Gasteiger charge is -2.03. The quantitative estimate of drug-likeness (QED) is 0.571. The van der Waals surface area contributed by atoms with Gasteiger partial charge in [-0.15, -0.1) is 0 Å². The molecule has 1 amide bonds. The van der Waals surface area contributed by atoms with Gasteiger partial charge in [-0.3, -0.25) is 14.2 Å². The largest absolute Gasteiger partial charge is 0.464 e. The zero-order chi connectivity index (χ0) is 20.0. The molecule has 0 aromatic carbocycles. The van der Waals surface area contributed by atoms with Crippen molar-refractivity contribution in [2.24, 2.45) is 7.05 Å². The highest BCUT2D eigenvalue weighted by atomic mass is 32.2. The van der Waals surface area contributed by atoms with Crippen LogP contribution in [0.3, 0.4) is 0 Å². The summed E-state index contributed by atoms with van der Waals surface area (Å²) in [7, 11) is 0.486. The summed E-state index contributed by atoms with van der Waals surface area (Å²) in [6.45, 7) is 4.00. The van der Waals surface area contributed by atoms with Crippen LogP contribution in [0, 0.1) is 13.8 Å². The van der Waals surface area contributed by atoms with Crippen molar-refractivity contribution in [2.45, 2.75) is 13.8 Å². The van der Waals surface area contributed by atoms with Crippen molar-refractivity contribution >= 4 is 22.4 Å². The van der Waals surface area contributed by atoms with E-state index in [1.54, 1.807) is 10.6 Å². The molecule has 0 radical (unpaired) electrons. The average Bonchev–Trinajstić information content (AvgIpc) is 3.33. The Morgan fingerprint density at radius 2 is 2.07 bits per heavy atom. The molecule has 1 unspecified atom stereocenters. The Morgan fingerprint density at radius 1 is 1.29 bits per heavy atom. The molecule has 4 heterocycles. The van der Waals surface area contributed by atoms with Crippen LogP contribution >= 0.6 is 0 Å². The first-order valence-electron chi connectivity index (χ1n) is 8.56. The highest BCUT2D eigenvalue weighted by Crippen LogP contribution is 2.32. The van der Waals surface area contributed by atoms with Crippen LogP contribution in [0.25, 0.3) is 28.0 Å². The number of amides is 1. The predicted octanol–water partition coefficient (Wildman–Crippen LogP) is 2.63. The Hall–Kier alpha value is -3.20. The van der Waals surface area contributed by atoms with Crippen LogP contribution in [0.2, 0.25) is 0 Å². The summed E-state index contributed by atoms with van der Waals surface area (Å²) in [5.41, 5.74) is 6.07. The minimum absolute atomic E-state index is 0.317. The van der Waals surface area contributed by atoms with Gasteiger partial charge in [-0.1, -0.05) is 0 Å². The molecule has 0 saturated carbocycles. The minimum Gasteiger partial charge on any atom is -0.464 e. The third-order valence-corrected chi connectivity index (χ3v) is 5.16. The number of nitrogens with zero attached hydrogens (tertiary/aromatic N) is 4. The van der Waals surface area contributed by atoms with Gasteiger partial charge in [0.05, 0.1) is 23.0 Å². The Labute approximate surface area is 163 Å². The van der Waals surface area contributed by atoms with Gasteiger partial charge in [0.15, 0.2) is 0 Å². The summed E-state index contributed by atoms with van der Waals surface area (Å²) in [4.78, 5) is 12.0. The molecule has 144 valence electrons. The molecule has 0 spiro atoms. The fourth-order valence-electron chi connectivity index (χ4n) is 3.29. The van der Waals surface area contributed by atoms with Gasteiger partial charge in [-0.25, -0.2) is 8.72 Å². The van der Waals surface area contributed by atoms with Gasteiger partial charge >= 0.3 is 0 Å². The lowest BCUT2D eigenvalue weighted by molar-refractivity contribution is 0.0982. The van der Waals surface area contributed by atoms with E-state index >= 15 is 0 Å². The molecule has 0 aliphatic heterocycles. The number of carbonyl (C=O) groups excluding carboxylic acids is 1. The summed E-state index contributed by atoms with van der Waals surface area (Å²) >= 11 is 0. The van der Waals surface area contributed by atoms with Crippen molar-refractivity contribution in [3.8, 4) is 22.5 Å². The number of aryl methyl sites for hydroxylation is 2. The molecule has 9 heteroatoms. The fraction of sp³-hybridized carbons (Fsp3) is 0.211. The van der Waals surface area contributed by atoms with Crippen LogP contribution in [0.1, 0.15) is 21.7 Å². The lowest BCUT2D eigenvalue weighted by Crippen LogP contribution is -2.24. The number of fused-ring (bicyclic) bond motifs is 1. The SMILES string of the molecule is Cc1nn(C)c(C)c1-c1cnn2ccc(-c3cc(C(=O)NS(C)=O)co3)cc12. The molecule has 1 atom stereocenters. The van der Waals surface area contributed by atoms with Crippen molar-refractivity contribution in [3.63, 3.8) is 0 Å². The second-order valence-corrected chi connectivity index (χ2v) is 7.67. The summed E-state index contributed by atoms with van der Waals surface area (Å²) in [5, 5.41) is 8.93. The van der Waals surface area contributed by atoms with E-state index in [2.05, 4.69) is 14.9 Å². The first kappa shape index (κ1) is 18.2. The van der Waals surface area contributed by atoms with Crippen molar-refractivity contribution in [2.75, 3.05) is 6.26 Å². The van der Waals surface area contributed by atoms with E-state index in [1.165, 1.54) is 12.5 Å². The standard InChI is InChI=1S/C19H19N5O3S/c1-11-18(12(2)23(3)21-11)15-9-20-24-6-5-13(7-16(15)24)17-8-14(10-27-17)19(25)22-28(4)26/h5-10H,1-4H3,(H,22,25). The molecule has 0 aliphatic rings. The first-order chi connectivity index (χ1) is 13.3. The number of furan rings is 1. The van der Waals surface area contributed by atoms with E-state index in [-0.39, 0.29) is 0 Å². The summed E-state index contributed by atoms with van der Waals surface area (Å²) in [5.74, 6) is 0.102. The van der Waals surface area contributed by atoms with Gasteiger partial charge in [0.25, 0.3) is 5.91 Å². The van der Waals surface area contributed by atoms with Gasteiger partial charge in [0, 0.05) is 41.9 Å². The van der Waals surface area contributed by atoms with E-state index in [1.807, 2.05) is 50.1 Å². The molecule has 4 aromatic heterocycles. The summed E-state index contributed by atoms with van der Waals surface area (Å²) in [6.07, 6.45) is 6.43. The van der Waals surface area contributed by atoms with Crippen molar-refractivity contribution in [3.05, 3.63) is 53.8 Å². The monoisotopic (exact) mass is 397 g/mol. The fourth-order valence-corrected chi connectivity index (χ4v) is 3.67. The Bertz CT molecular complexity index is 1230. The first-order valence-corrected chi connectivity index (χ1v) is 10.1. The minimum atomic E-state index is -1.43. The van der Waals surface area contributed by atoms with Crippen LogP contribution in [-0.4, -0.2) is 35.8 Å². The van der Waals surface area contributed by atoms with Crippen LogP contribution in [0.15, 0.2) is 41.3 Å². The van der Waals surface area contributed by atoms with E-state index in [4.69, 9.17) is 4.42 Å². The molecule has 0 fully saturated rings. The number of carbonyl (C=O) groups is 1. The molecule has 1 N–H and O–H groups in total. The maximum Gasteiger partial charge on any atom is 0.266 e.